The highest BCUT2D eigenvalue weighted by molar-refractivity contribution is 5.92. The molecule has 6 aliphatic carbocycles. The van der Waals surface area contributed by atoms with E-state index >= 15 is 0 Å². The van der Waals surface area contributed by atoms with Crippen LogP contribution in [0.1, 0.15) is 78.7 Å². The Labute approximate surface area is 602 Å². The third-order valence-corrected chi connectivity index (χ3v) is 22.7. The number of para-hydroxylation sites is 2. The average molecular weight is 1330 g/mol. The van der Waals surface area contributed by atoms with E-state index < -0.39 is 10.8 Å². The number of ether oxygens (including phenoxy) is 3. The van der Waals surface area contributed by atoms with Gasteiger partial charge in [0.15, 0.2) is 0 Å². The second kappa shape index (κ2) is 24.7. The van der Waals surface area contributed by atoms with E-state index in [9.17, 15) is 0 Å². The van der Waals surface area contributed by atoms with Gasteiger partial charge in [-0.3, -0.25) is 0 Å². The maximum Gasteiger partial charge on any atom is 0.127 e. The van der Waals surface area contributed by atoms with Gasteiger partial charge in [-0.25, -0.2) is 0 Å². The van der Waals surface area contributed by atoms with Gasteiger partial charge in [-0.05, 0) is 289 Å². The standard InChI is InChI=1S/C98H72N2O3/c1-4-14-73(15-5-1)97(74-37-52-83(53-38-74)101-86-49-34-67-24-27-70(67)60-86)93-22-12-10-20-89(93)91-58-47-81(63-95(91)97)99(77-16-6-2-7-17-77)79-43-30-65(31-44-79)66-32-45-80(46-33-66)100(78-18-8-3-9-19-78)82-48-59-92-90-21-11-13-23-94(90)98(96(92)64-82,75-39-54-84(55-40-75)102-87-50-35-68-25-28-71(68)61-87)76-41-56-85(57-42-76)103-88-51-36-69-26-29-72(69)62-88/h1-23,30-52,54-64,83H,24-29,53H2. The largest absolute Gasteiger partial charge is 0.486 e. The fourth-order valence-corrected chi connectivity index (χ4v) is 17.4. The molecule has 0 N–H and O–H groups in total. The predicted octanol–water partition coefficient (Wildman–Crippen LogP) is 24.2. The number of benzene rings is 14. The van der Waals surface area contributed by atoms with Gasteiger partial charge in [0.05, 0.1) is 10.8 Å². The fraction of sp³-hybridized carbons (Fsp3) is 0.102. The summed E-state index contributed by atoms with van der Waals surface area (Å²) in [5.41, 5.74) is 30.5. The molecular weight excluding hydrogens is 1250 g/mol. The van der Waals surface area contributed by atoms with E-state index in [2.05, 4.69) is 356 Å². The van der Waals surface area contributed by atoms with Gasteiger partial charge in [0.1, 0.15) is 34.9 Å². The van der Waals surface area contributed by atoms with Crippen LogP contribution in [0, 0.1) is 0 Å². The lowest BCUT2D eigenvalue weighted by atomic mass is 9.66. The van der Waals surface area contributed by atoms with E-state index in [4.69, 9.17) is 14.2 Å². The summed E-state index contributed by atoms with van der Waals surface area (Å²) >= 11 is 0. The molecule has 2 unspecified atom stereocenters. The minimum Gasteiger partial charge on any atom is -0.486 e. The van der Waals surface area contributed by atoms with Crippen LogP contribution in [-0.4, -0.2) is 6.10 Å². The highest BCUT2D eigenvalue weighted by atomic mass is 16.5. The van der Waals surface area contributed by atoms with E-state index in [1.165, 1.54) is 89.0 Å². The van der Waals surface area contributed by atoms with Crippen LogP contribution in [0.3, 0.4) is 0 Å². The first-order valence-corrected chi connectivity index (χ1v) is 36.4. The molecule has 0 bridgehead atoms. The number of hydrogen-bond donors (Lipinski definition) is 0. The summed E-state index contributed by atoms with van der Waals surface area (Å²) in [7, 11) is 0. The molecule has 492 valence electrons. The van der Waals surface area contributed by atoms with E-state index in [0.717, 1.165) is 130 Å². The van der Waals surface area contributed by atoms with Gasteiger partial charge in [0.2, 0.25) is 0 Å². The lowest BCUT2D eigenvalue weighted by Gasteiger charge is -2.37. The zero-order valence-electron chi connectivity index (χ0n) is 57.1. The van der Waals surface area contributed by atoms with Crippen LogP contribution in [0.15, 0.2) is 351 Å². The molecular formula is C98H72N2O3. The Balaban J connectivity index is 0.647. The Hall–Kier alpha value is -12.4. The molecule has 0 radical (unpaired) electrons. The molecule has 103 heavy (non-hydrogen) atoms. The SMILES string of the molecule is C1=CC(Oc2ccc3c(c2)CC3)CC=C1C1(c2ccccc2)c2ccccc2-c2ccc(N(c3ccccc3)c3ccc(-c4ccc(N(c5ccccc5)c5ccc6c(c5)C(c5ccc(Oc7ccc8c(c7)CC8)cc5)(c5ccc(Oc7ccc8c(c7)CC8)cc5)c5ccccc5-6)cc4)cc3)cc21. The normalized spacial score (nSPS) is 16.3. The summed E-state index contributed by atoms with van der Waals surface area (Å²) in [4.78, 5) is 4.81. The van der Waals surface area contributed by atoms with Crippen molar-refractivity contribution in [2.75, 3.05) is 9.80 Å². The van der Waals surface area contributed by atoms with Crippen molar-refractivity contribution in [3.05, 3.63) is 424 Å². The first-order chi connectivity index (χ1) is 51.0. The Morgan fingerprint density at radius 1 is 0.272 bits per heavy atom. The van der Waals surface area contributed by atoms with Crippen molar-refractivity contribution in [2.24, 2.45) is 0 Å². The highest BCUT2D eigenvalue weighted by Gasteiger charge is 2.49. The molecule has 5 heteroatoms. The molecule has 20 rings (SSSR count). The van der Waals surface area contributed by atoms with Crippen LogP contribution in [0.2, 0.25) is 0 Å². The quantitative estimate of drug-likeness (QED) is 0.0908. The van der Waals surface area contributed by atoms with Crippen molar-refractivity contribution < 1.29 is 14.2 Å². The van der Waals surface area contributed by atoms with Crippen molar-refractivity contribution >= 4 is 34.1 Å². The van der Waals surface area contributed by atoms with Crippen molar-refractivity contribution in [2.45, 2.75) is 61.9 Å². The van der Waals surface area contributed by atoms with E-state index in [1.54, 1.807) is 0 Å². The zero-order chi connectivity index (χ0) is 68.0. The summed E-state index contributed by atoms with van der Waals surface area (Å²) in [6.45, 7) is 0. The molecule has 0 fully saturated rings. The monoisotopic (exact) mass is 1320 g/mol. The van der Waals surface area contributed by atoms with Gasteiger partial charge >= 0.3 is 0 Å². The second-order valence-corrected chi connectivity index (χ2v) is 28.3. The first kappa shape index (κ1) is 60.5. The molecule has 0 heterocycles. The third-order valence-electron chi connectivity index (χ3n) is 22.7. The van der Waals surface area contributed by atoms with Gasteiger partial charge in [-0.15, -0.1) is 0 Å². The number of allylic oxidation sites excluding steroid dienone is 2. The van der Waals surface area contributed by atoms with Crippen LogP contribution >= 0.6 is 0 Å². The lowest BCUT2D eigenvalue weighted by Crippen LogP contribution is -2.31. The predicted molar refractivity (Wildman–Crippen MR) is 418 cm³/mol. The van der Waals surface area contributed by atoms with E-state index in [-0.39, 0.29) is 6.10 Å². The lowest BCUT2D eigenvalue weighted by molar-refractivity contribution is 0.250. The minimum atomic E-state index is -0.716. The van der Waals surface area contributed by atoms with Crippen molar-refractivity contribution in [1.82, 2.24) is 0 Å². The van der Waals surface area contributed by atoms with Crippen LogP contribution in [-0.2, 0) is 49.4 Å². The summed E-state index contributed by atoms with van der Waals surface area (Å²) in [6.07, 6.45) is 14.5. The summed E-state index contributed by atoms with van der Waals surface area (Å²) in [6, 6.07) is 120. The highest BCUT2D eigenvalue weighted by Crippen LogP contribution is 2.60. The van der Waals surface area contributed by atoms with Crippen LogP contribution < -0.4 is 24.0 Å². The second-order valence-electron chi connectivity index (χ2n) is 28.3. The number of rotatable bonds is 17. The van der Waals surface area contributed by atoms with Gasteiger partial charge in [0, 0.05) is 40.5 Å². The maximum absolute atomic E-state index is 6.69. The molecule has 6 aliphatic rings. The molecule has 0 saturated carbocycles. The van der Waals surface area contributed by atoms with Crippen LogP contribution in [0.5, 0.6) is 28.7 Å². The summed E-state index contributed by atoms with van der Waals surface area (Å²) in [5.74, 6) is 4.30. The molecule has 0 spiro atoms. The zero-order valence-corrected chi connectivity index (χ0v) is 57.1. The molecule has 5 nitrogen and oxygen atoms in total. The first-order valence-electron chi connectivity index (χ1n) is 36.4. The topological polar surface area (TPSA) is 34.2 Å². The molecule has 0 saturated heterocycles. The third kappa shape index (κ3) is 10.2. The molecule has 14 aromatic carbocycles. The Morgan fingerprint density at radius 3 is 1.09 bits per heavy atom. The maximum atomic E-state index is 6.69. The fourth-order valence-electron chi connectivity index (χ4n) is 17.4. The van der Waals surface area contributed by atoms with Gasteiger partial charge in [-0.2, -0.15) is 0 Å². The number of hydrogen-bond acceptors (Lipinski definition) is 5. The number of anilines is 6. The molecule has 2 atom stereocenters. The number of nitrogens with zero attached hydrogens (tertiary/aromatic N) is 2. The van der Waals surface area contributed by atoms with Crippen molar-refractivity contribution in [3.63, 3.8) is 0 Å². The number of fused-ring (bicyclic) bond motifs is 9. The van der Waals surface area contributed by atoms with Crippen LogP contribution in [0.4, 0.5) is 34.1 Å². The van der Waals surface area contributed by atoms with E-state index in [1.807, 2.05) is 0 Å². The number of aryl methyl sites for hydroxylation is 6. The average Bonchev–Trinajstić information content (AvgIpc) is 1.56. The van der Waals surface area contributed by atoms with Crippen molar-refractivity contribution in [3.8, 4) is 62.1 Å². The van der Waals surface area contributed by atoms with Crippen LogP contribution in [0.25, 0.3) is 33.4 Å². The molecule has 0 aromatic heterocycles. The Bertz CT molecular complexity index is 5580. The smallest absolute Gasteiger partial charge is 0.127 e. The molecule has 14 aromatic rings. The molecule has 0 amide bonds. The summed E-state index contributed by atoms with van der Waals surface area (Å²) < 4.78 is 19.9. The van der Waals surface area contributed by atoms with Gasteiger partial charge in [0.25, 0.3) is 0 Å². The molecule has 0 aliphatic heterocycles. The Kier molecular flexibility index (Phi) is 14.5. The summed E-state index contributed by atoms with van der Waals surface area (Å²) in [5, 5.41) is 0. The van der Waals surface area contributed by atoms with Crippen molar-refractivity contribution in [1.29, 1.82) is 0 Å². The Morgan fingerprint density at radius 2 is 0.641 bits per heavy atom. The minimum absolute atomic E-state index is 0.0613. The van der Waals surface area contributed by atoms with Gasteiger partial charge < -0.3 is 24.0 Å². The van der Waals surface area contributed by atoms with E-state index in [0.29, 0.717) is 0 Å². The van der Waals surface area contributed by atoms with Gasteiger partial charge in [-0.1, -0.05) is 206 Å².